The first-order chi connectivity index (χ1) is 14.0. The molecule has 2 aliphatic heterocycles. The zero-order valence-electron chi connectivity index (χ0n) is 16.7. The summed E-state index contributed by atoms with van der Waals surface area (Å²) >= 11 is 0. The first kappa shape index (κ1) is 21.2. The minimum Gasteiger partial charge on any atom is -0.489 e. The Kier molecular flexibility index (Phi) is 7.16. The fourth-order valence-electron chi connectivity index (χ4n) is 3.73. The molecular weight excluding hydrogens is 376 g/mol. The number of nitrogens with one attached hydrogen (secondary N) is 3. The average Bonchev–Trinajstić information content (AvgIpc) is 3.16. The van der Waals surface area contributed by atoms with Crippen molar-refractivity contribution in [2.75, 3.05) is 31.6 Å². The number of carbonyl (C=O) groups is 2. The molecule has 29 heavy (non-hydrogen) atoms. The molecule has 3 atom stereocenters. The lowest BCUT2D eigenvalue weighted by Gasteiger charge is -2.23. The van der Waals surface area contributed by atoms with Crippen LogP contribution < -0.4 is 20.7 Å². The largest absolute Gasteiger partial charge is 0.489 e. The summed E-state index contributed by atoms with van der Waals surface area (Å²) in [5.41, 5.74) is 1.66. The maximum Gasteiger partial charge on any atom is 0.315 e. The van der Waals surface area contributed by atoms with Crippen LogP contribution in [0.4, 0.5) is 10.5 Å². The molecule has 9 nitrogen and oxygen atoms in total. The third kappa shape index (κ3) is 5.30. The number of carbonyl (C=O) groups excluding carboxylic acids is 2. The molecule has 0 aromatic heterocycles. The maximum atomic E-state index is 12.2. The number of urea groups is 1. The Morgan fingerprint density at radius 1 is 1.34 bits per heavy atom. The first-order valence-electron chi connectivity index (χ1n) is 10.1. The summed E-state index contributed by atoms with van der Waals surface area (Å²) in [5, 5.41) is 28.0. The minimum atomic E-state index is -0.585. The standard InChI is InChI=1S/C20H30N4O5/c1-2-15-17(26)12-29-18-8-13(5-6-16(18)23-15)9-21-20(28)22-10-19(27)24-7-3-4-14(24)11-25/h5-6,8,14-15,17,23,25-26H,2-4,7,9-12H2,1H3,(H2,21,22,28)/t14-,15-,17+/m0/s1. The number of aliphatic hydroxyl groups is 2. The van der Waals surface area contributed by atoms with Crippen LogP contribution in [0, 0.1) is 0 Å². The highest BCUT2D eigenvalue weighted by Gasteiger charge is 2.28. The van der Waals surface area contributed by atoms with Crippen molar-refractivity contribution >= 4 is 17.6 Å². The molecule has 160 valence electrons. The molecule has 0 radical (unpaired) electrons. The zero-order valence-corrected chi connectivity index (χ0v) is 16.7. The van der Waals surface area contributed by atoms with E-state index in [4.69, 9.17) is 4.74 Å². The van der Waals surface area contributed by atoms with Crippen molar-refractivity contribution < 1.29 is 24.5 Å². The monoisotopic (exact) mass is 406 g/mol. The molecule has 0 saturated carbocycles. The Bertz CT molecular complexity index is 729. The zero-order chi connectivity index (χ0) is 20.8. The Hall–Kier alpha value is -2.52. The van der Waals surface area contributed by atoms with Gasteiger partial charge < -0.3 is 35.8 Å². The van der Waals surface area contributed by atoms with E-state index < -0.39 is 12.1 Å². The van der Waals surface area contributed by atoms with E-state index in [0.29, 0.717) is 12.3 Å². The SMILES string of the molecule is CC[C@@H]1Nc2ccc(CNC(=O)NCC(=O)N3CCC[C@H]3CO)cc2OC[C@H]1O. The number of anilines is 1. The summed E-state index contributed by atoms with van der Waals surface area (Å²) in [4.78, 5) is 25.8. The summed E-state index contributed by atoms with van der Waals surface area (Å²) < 4.78 is 5.69. The second-order valence-corrected chi connectivity index (χ2v) is 7.47. The van der Waals surface area contributed by atoms with Gasteiger partial charge in [-0.25, -0.2) is 4.79 Å². The van der Waals surface area contributed by atoms with Crippen molar-refractivity contribution in [1.82, 2.24) is 15.5 Å². The van der Waals surface area contributed by atoms with Gasteiger partial charge in [-0.05, 0) is 37.0 Å². The second kappa shape index (κ2) is 9.80. The van der Waals surface area contributed by atoms with E-state index in [1.54, 1.807) is 4.90 Å². The first-order valence-corrected chi connectivity index (χ1v) is 10.1. The topological polar surface area (TPSA) is 123 Å². The van der Waals surface area contributed by atoms with Crippen molar-refractivity contribution in [3.8, 4) is 5.75 Å². The summed E-state index contributed by atoms with van der Waals surface area (Å²) in [6.07, 6.45) is 1.86. The molecule has 0 unspecified atom stereocenters. The predicted octanol–water partition coefficient (Wildman–Crippen LogP) is 0.413. The van der Waals surface area contributed by atoms with Gasteiger partial charge in [-0.2, -0.15) is 0 Å². The molecule has 3 rings (SSSR count). The Labute approximate surface area is 170 Å². The van der Waals surface area contributed by atoms with Gasteiger partial charge in [-0.3, -0.25) is 4.79 Å². The summed E-state index contributed by atoms with van der Waals surface area (Å²) in [6, 6.07) is 4.93. The quantitative estimate of drug-likeness (QED) is 0.466. The third-order valence-electron chi connectivity index (χ3n) is 5.46. The maximum absolute atomic E-state index is 12.2. The molecule has 1 fully saturated rings. The van der Waals surface area contributed by atoms with Gasteiger partial charge in [0.1, 0.15) is 18.5 Å². The molecule has 2 aliphatic rings. The van der Waals surface area contributed by atoms with Crippen LogP contribution in [0.25, 0.3) is 0 Å². The van der Waals surface area contributed by atoms with E-state index in [1.807, 2.05) is 25.1 Å². The molecule has 5 N–H and O–H groups in total. The summed E-state index contributed by atoms with van der Waals surface area (Å²) in [5.74, 6) is 0.448. The molecule has 1 saturated heterocycles. The number of hydrogen-bond acceptors (Lipinski definition) is 6. The number of rotatable bonds is 6. The number of hydrogen-bond donors (Lipinski definition) is 5. The van der Waals surface area contributed by atoms with Gasteiger partial charge in [0.15, 0.2) is 0 Å². The van der Waals surface area contributed by atoms with Gasteiger partial charge in [0.05, 0.1) is 30.9 Å². The lowest BCUT2D eigenvalue weighted by Crippen LogP contribution is -2.46. The molecule has 0 aliphatic carbocycles. The average molecular weight is 406 g/mol. The van der Waals surface area contributed by atoms with E-state index in [1.165, 1.54) is 0 Å². The van der Waals surface area contributed by atoms with Crippen molar-refractivity contribution in [3.63, 3.8) is 0 Å². The molecule has 9 heteroatoms. The number of nitrogens with zero attached hydrogens (tertiary/aromatic N) is 1. The fourth-order valence-corrected chi connectivity index (χ4v) is 3.73. The lowest BCUT2D eigenvalue weighted by atomic mass is 10.1. The number of aliphatic hydroxyl groups excluding tert-OH is 2. The normalized spacial score (nSPS) is 23.4. The summed E-state index contributed by atoms with van der Waals surface area (Å²) in [6.45, 7) is 2.95. The van der Waals surface area contributed by atoms with Gasteiger partial charge in [-0.15, -0.1) is 0 Å². The van der Waals surface area contributed by atoms with Crippen LogP contribution in [-0.4, -0.2) is 71.5 Å². The highest BCUT2D eigenvalue weighted by atomic mass is 16.5. The molecule has 0 bridgehead atoms. The Balaban J connectivity index is 1.48. The number of amides is 3. The molecule has 0 spiro atoms. The van der Waals surface area contributed by atoms with Crippen LogP contribution in [0.1, 0.15) is 31.7 Å². The van der Waals surface area contributed by atoms with E-state index in [2.05, 4.69) is 16.0 Å². The highest BCUT2D eigenvalue weighted by Crippen LogP contribution is 2.30. The third-order valence-corrected chi connectivity index (χ3v) is 5.46. The van der Waals surface area contributed by atoms with Crippen LogP contribution >= 0.6 is 0 Å². The van der Waals surface area contributed by atoms with Crippen LogP contribution in [-0.2, 0) is 11.3 Å². The fraction of sp³-hybridized carbons (Fsp3) is 0.600. The molecule has 1 aromatic rings. The van der Waals surface area contributed by atoms with Crippen molar-refractivity contribution in [2.45, 2.75) is 50.9 Å². The van der Waals surface area contributed by atoms with Crippen LogP contribution in [0.15, 0.2) is 18.2 Å². The molecule has 1 aromatic carbocycles. The van der Waals surface area contributed by atoms with Crippen molar-refractivity contribution in [3.05, 3.63) is 23.8 Å². The van der Waals surface area contributed by atoms with E-state index in [9.17, 15) is 19.8 Å². The minimum absolute atomic E-state index is 0.0524. The van der Waals surface area contributed by atoms with Crippen LogP contribution in [0.5, 0.6) is 5.75 Å². The molecule has 3 amide bonds. The smallest absolute Gasteiger partial charge is 0.315 e. The van der Waals surface area contributed by atoms with E-state index >= 15 is 0 Å². The van der Waals surface area contributed by atoms with E-state index in [-0.39, 0.29) is 44.3 Å². The Morgan fingerprint density at radius 2 is 2.17 bits per heavy atom. The van der Waals surface area contributed by atoms with Crippen molar-refractivity contribution in [1.29, 1.82) is 0 Å². The van der Waals surface area contributed by atoms with Gasteiger partial charge in [0.25, 0.3) is 0 Å². The molecule has 2 heterocycles. The van der Waals surface area contributed by atoms with Crippen molar-refractivity contribution in [2.24, 2.45) is 0 Å². The van der Waals surface area contributed by atoms with Crippen LogP contribution in [0.3, 0.4) is 0 Å². The highest BCUT2D eigenvalue weighted by molar-refractivity contribution is 5.84. The predicted molar refractivity (Wildman–Crippen MR) is 108 cm³/mol. The number of benzene rings is 1. The number of likely N-dealkylation sites (tertiary alicyclic amines) is 1. The van der Waals surface area contributed by atoms with Gasteiger partial charge in [0.2, 0.25) is 5.91 Å². The van der Waals surface area contributed by atoms with Gasteiger partial charge >= 0.3 is 6.03 Å². The number of fused-ring (bicyclic) bond motifs is 1. The van der Waals surface area contributed by atoms with E-state index in [0.717, 1.165) is 30.5 Å². The second-order valence-electron chi connectivity index (χ2n) is 7.47. The molecular formula is C20H30N4O5. The Morgan fingerprint density at radius 3 is 2.93 bits per heavy atom. The summed E-state index contributed by atoms with van der Waals surface area (Å²) in [7, 11) is 0. The number of ether oxygens (including phenoxy) is 1. The van der Waals surface area contributed by atoms with Crippen LogP contribution in [0.2, 0.25) is 0 Å². The lowest BCUT2D eigenvalue weighted by molar-refractivity contribution is -0.131. The van der Waals surface area contributed by atoms with Gasteiger partial charge in [0, 0.05) is 13.1 Å². The van der Waals surface area contributed by atoms with Gasteiger partial charge in [-0.1, -0.05) is 13.0 Å².